The van der Waals surface area contributed by atoms with E-state index in [1.165, 1.54) is 0 Å². The number of amides is 1. The Morgan fingerprint density at radius 2 is 1.92 bits per heavy atom. The first-order valence-corrected chi connectivity index (χ1v) is 8.91. The summed E-state index contributed by atoms with van der Waals surface area (Å²) in [5.41, 5.74) is 1.48. The Kier molecular flexibility index (Phi) is 5.48. The van der Waals surface area contributed by atoms with Crippen LogP contribution in [0.2, 0.25) is 0 Å². The fraction of sp³-hybridized carbons (Fsp3) is 0.316. The summed E-state index contributed by atoms with van der Waals surface area (Å²) in [6, 6.07) is 10.7. The van der Waals surface area contributed by atoms with Gasteiger partial charge in [-0.25, -0.2) is 0 Å². The lowest BCUT2D eigenvalue weighted by Crippen LogP contribution is -2.26. The van der Waals surface area contributed by atoms with E-state index in [2.05, 4.69) is 21.2 Å². The molecule has 132 valence electrons. The number of ether oxygens (including phenoxy) is 3. The molecule has 0 bridgehead atoms. The molecule has 1 atom stereocenters. The predicted molar refractivity (Wildman–Crippen MR) is 98.6 cm³/mol. The summed E-state index contributed by atoms with van der Waals surface area (Å²) in [5.74, 6) is 1.92. The molecule has 0 radical (unpaired) electrons. The maximum Gasteiger partial charge on any atom is 0.251 e. The molecule has 1 aliphatic rings. The first kappa shape index (κ1) is 17.6. The summed E-state index contributed by atoms with van der Waals surface area (Å²) in [6.45, 7) is 3.20. The standard InChI is InChI=1S/C19H20BrNO4/c1-12(21-19(22)13-5-3-6-14(9-13)23-2)15-10-17-18(11-16(15)20)25-8-4-7-24-17/h3,5-6,9-12H,4,7-8H2,1-2H3,(H,21,22). The van der Waals surface area contributed by atoms with Gasteiger partial charge in [-0.2, -0.15) is 0 Å². The van der Waals surface area contributed by atoms with E-state index < -0.39 is 0 Å². The maximum atomic E-state index is 12.5. The van der Waals surface area contributed by atoms with Crippen molar-refractivity contribution in [1.29, 1.82) is 0 Å². The van der Waals surface area contributed by atoms with Crippen LogP contribution in [0.4, 0.5) is 0 Å². The number of halogens is 1. The van der Waals surface area contributed by atoms with Crippen molar-refractivity contribution in [2.45, 2.75) is 19.4 Å². The van der Waals surface area contributed by atoms with Crippen LogP contribution in [0.5, 0.6) is 17.2 Å². The summed E-state index contributed by atoms with van der Waals surface area (Å²) in [6.07, 6.45) is 0.851. The highest BCUT2D eigenvalue weighted by molar-refractivity contribution is 9.10. The highest BCUT2D eigenvalue weighted by Crippen LogP contribution is 2.37. The van der Waals surface area contributed by atoms with E-state index in [0.717, 1.165) is 22.2 Å². The van der Waals surface area contributed by atoms with Crippen LogP contribution < -0.4 is 19.5 Å². The monoisotopic (exact) mass is 405 g/mol. The molecular weight excluding hydrogens is 386 g/mol. The molecule has 0 saturated heterocycles. The minimum Gasteiger partial charge on any atom is -0.497 e. The zero-order chi connectivity index (χ0) is 17.8. The zero-order valence-corrected chi connectivity index (χ0v) is 15.8. The maximum absolute atomic E-state index is 12.5. The largest absolute Gasteiger partial charge is 0.497 e. The molecule has 1 aliphatic heterocycles. The molecule has 1 heterocycles. The lowest BCUT2D eigenvalue weighted by Gasteiger charge is -2.18. The molecule has 0 saturated carbocycles. The number of carbonyl (C=O) groups excluding carboxylic acids is 1. The Balaban J connectivity index is 1.79. The summed E-state index contributed by atoms with van der Waals surface area (Å²) >= 11 is 3.56. The summed E-state index contributed by atoms with van der Waals surface area (Å²) in [7, 11) is 1.58. The lowest BCUT2D eigenvalue weighted by atomic mass is 10.1. The van der Waals surface area contributed by atoms with Crippen molar-refractivity contribution in [2.24, 2.45) is 0 Å². The quantitative estimate of drug-likeness (QED) is 0.831. The molecule has 2 aromatic rings. The van der Waals surface area contributed by atoms with E-state index in [0.29, 0.717) is 30.3 Å². The van der Waals surface area contributed by atoms with Gasteiger partial charge in [0.25, 0.3) is 5.91 Å². The smallest absolute Gasteiger partial charge is 0.251 e. The Morgan fingerprint density at radius 3 is 2.64 bits per heavy atom. The van der Waals surface area contributed by atoms with Crippen LogP contribution >= 0.6 is 15.9 Å². The SMILES string of the molecule is COc1cccc(C(=O)NC(C)c2cc3c(cc2Br)OCCCO3)c1. The number of carbonyl (C=O) groups is 1. The second kappa shape index (κ2) is 7.78. The first-order valence-electron chi connectivity index (χ1n) is 8.12. The highest BCUT2D eigenvalue weighted by atomic mass is 79.9. The molecule has 25 heavy (non-hydrogen) atoms. The number of hydrogen-bond donors (Lipinski definition) is 1. The van der Waals surface area contributed by atoms with Gasteiger partial charge in [-0.05, 0) is 42.8 Å². The van der Waals surface area contributed by atoms with Gasteiger partial charge in [0, 0.05) is 16.5 Å². The number of nitrogens with one attached hydrogen (secondary N) is 1. The molecule has 1 amide bonds. The van der Waals surface area contributed by atoms with Crippen molar-refractivity contribution in [2.75, 3.05) is 20.3 Å². The molecule has 2 aromatic carbocycles. The van der Waals surface area contributed by atoms with E-state index in [-0.39, 0.29) is 11.9 Å². The molecule has 1 unspecified atom stereocenters. The first-order chi connectivity index (χ1) is 12.1. The molecule has 0 fully saturated rings. The number of benzene rings is 2. The van der Waals surface area contributed by atoms with Gasteiger partial charge in [-0.3, -0.25) is 4.79 Å². The van der Waals surface area contributed by atoms with Gasteiger partial charge in [-0.15, -0.1) is 0 Å². The average Bonchev–Trinajstić information content (AvgIpc) is 2.85. The Hall–Kier alpha value is -2.21. The Bertz CT molecular complexity index is 778. The van der Waals surface area contributed by atoms with Crippen molar-refractivity contribution >= 4 is 21.8 Å². The number of fused-ring (bicyclic) bond motifs is 1. The van der Waals surface area contributed by atoms with Crippen LogP contribution in [0.3, 0.4) is 0 Å². The van der Waals surface area contributed by atoms with Gasteiger partial charge >= 0.3 is 0 Å². The fourth-order valence-electron chi connectivity index (χ4n) is 2.65. The van der Waals surface area contributed by atoms with Gasteiger partial charge in [0.15, 0.2) is 11.5 Å². The topological polar surface area (TPSA) is 56.8 Å². The third kappa shape index (κ3) is 4.07. The minimum absolute atomic E-state index is 0.162. The molecule has 6 heteroatoms. The van der Waals surface area contributed by atoms with Crippen molar-refractivity contribution in [3.63, 3.8) is 0 Å². The molecular formula is C19H20BrNO4. The van der Waals surface area contributed by atoms with E-state index >= 15 is 0 Å². The number of methoxy groups -OCH3 is 1. The van der Waals surface area contributed by atoms with Crippen LogP contribution in [0.25, 0.3) is 0 Å². The fourth-order valence-corrected chi connectivity index (χ4v) is 3.32. The predicted octanol–water partition coefficient (Wildman–Crippen LogP) is 4.11. The van der Waals surface area contributed by atoms with E-state index in [4.69, 9.17) is 14.2 Å². The van der Waals surface area contributed by atoms with Gasteiger partial charge in [-0.1, -0.05) is 22.0 Å². The summed E-state index contributed by atoms with van der Waals surface area (Å²) in [4.78, 5) is 12.5. The molecule has 0 aliphatic carbocycles. The van der Waals surface area contributed by atoms with Gasteiger partial charge in [0.1, 0.15) is 5.75 Å². The van der Waals surface area contributed by atoms with E-state index in [1.807, 2.05) is 19.1 Å². The Morgan fingerprint density at radius 1 is 1.20 bits per heavy atom. The molecule has 0 spiro atoms. The van der Waals surface area contributed by atoms with Crippen LogP contribution in [0, 0.1) is 0 Å². The van der Waals surface area contributed by atoms with E-state index in [1.54, 1.807) is 31.4 Å². The van der Waals surface area contributed by atoms with Crippen molar-refractivity contribution in [3.05, 3.63) is 52.0 Å². The lowest BCUT2D eigenvalue weighted by molar-refractivity contribution is 0.0939. The van der Waals surface area contributed by atoms with Crippen LogP contribution in [0.1, 0.15) is 35.3 Å². The molecule has 1 N–H and O–H groups in total. The van der Waals surface area contributed by atoms with Crippen molar-refractivity contribution in [1.82, 2.24) is 5.32 Å². The van der Waals surface area contributed by atoms with Crippen molar-refractivity contribution in [3.8, 4) is 17.2 Å². The summed E-state index contributed by atoms with van der Waals surface area (Å²) in [5, 5.41) is 3.01. The minimum atomic E-state index is -0.203. The van der Waals surface area contributed by atoms with E-state index in [9.17, 15) is 4.79 Å². The van der Waals surface area contributed by atoms with Gasteiger partial charge < -0.3 is 19.5 Å². The summed E-state index contributed by atoms with van der Waals surface area (Å²) < 4.78 is 17.5. The third-order valence-corrected chi connectivity index (χ3v) is 4.70. The Labute approximate surface area is 155 Å². The normalized spacial score (nSPS) is 14.4. The second-order valence-electron chi connectivity index (χ2n) is 5.80. The zero-order valence-electron chi connectivity index (χ0n) is 14.2. The van der Waals surface area contributed by atoms with Crippen molar-refractivity contribution < 1.29 is 19.0 Å². The average molecular weight is 406 g/mol. The second-order valence-corrected chi connectivity index (χ2v) is 6.65. The number of rotatable bonds is 4. The van der Waals surface area contributed by atoms with Crippen LogP contribution in [-0.4, -0.2) is 26.2 Å². The van der Waals surface area contributed by atoms with Crippen LogP contribution in [0.15, 0.2) is 40.9 Å². The van der Waals surface area contributed by atoms with Gasteiger partial charge in [0.05, 0.1) is 26.4 Å². The molecule has 3 rings (SSSR count). The van der Waals surface area contributed by atoms with Crippen LogP contribution in [-0.2, 0) is 0 Å². The highest BCUT2D eigenvalue weighted by Gasteiger charge is 2.19. The number of hydrogen-bond acceptors (Lipinski definition) is 4. The van der Waals surface area contributed by atoms with Gasteiger partial charge in [0.2, 0.25) is 0 Å². The third-order valence-electron chi connectivity index (χ3n) is 4.01. The molecule has 5 nitrogen and oxygen atoms in total. The molecule has 0 aromatic heterocycles.